The Bertz CT molecular complexity index is 1080. The van der Waals surface area contributed by atoms with Crippen LogP contribution in [0.1, 0.15) is 40.5 Å². The fraction of sp³-hybridized carbons (Fsp3) is 0.273. The van der Waals surface area contributed by atoms with Crippen molar-refractivity contribution in [3.05, 3.63) is 72.9 Å². The Labute approximate surface area is 181 Å². The van der Waals surface area contributed by atoms with Gasteiger partial charge in [0.05, 0.1) is 5.92 Å². The number of benzene rings is 1. The summed E-state index contributed by atoms with van der Waals surface area (Å²) in [6.45, 7) is 2.43. The average Bonchev–Trinajstić information content (AvgIpc) is 3.07. The number of ketones is 1. The van der Waals surface area contributed by atoms with Crippen LogP contribution in [0.15, 0.2) is 57.6 Å². The minimum absolute atomic E-state index is 0.0372. The number of ether oxygens (including phenoxy) is 2. The zero-order valence-electron chi connectivity index (χ0n) is 15.8. The van der Waals surface area contributed by atoms with Crippen molar-refractivity contribution in [3.63, 3.8) is 0 Å². The van der Waals surface area contributed by atoms with Gasteiger partial charge in [-0.3, -0.25) is 4.79 Å². The lowest BCUT2D eigenvalue weighted by atomic mass is 9.80. The molecule has 148 valence electrons. The number of aryl methyl sites for hydroxylation is 1. The van der Waals surface area contributed by atoms with E-state index >= 15 is 0 Å². The third-order valence-corrected chi connectivity index (χ3v) is 6.82. The summed E-state index contributed by atoms with van der Waals surface area (Å²) in [4.78, 5) is 14.7. The zero-order valence-corrected chi connectivity index (χ0v) is 18.2. The van der Waals surface area contributed by atoms with Crippen molar-refractivity contribution in [1.82, 2.24) is 0 Å². The predicted molar refractivity (Wildman–Crippen MR) is 114 cm³/mol. The summed E-state index contributed by atoms with van der Waals surface area (Å²) in [5.41, 5.74) is 7.95. The number of allylic oxidation sites excluding steroid dienone is 3. The first-order valence-electron chi connectivity index (χ1n) is 9.29. The summed E-state index contributed by atoms with van der Waals surface area (Å²) < 4.78 is 12.5. The van der Waals surface area contributed by atoms with Gasteiger partial charge in [0, 0.05) is 38.2 Å². The van der Waals surface area contributed by atoms with Crippen molar-refractivity contribution in [2.24, 2.45) is 5.73 Å². The molecule has 29 heavy (non-hydrogen) atoms. The molecule has 4 rings (SSSR count). The van der Waals surface area contributed by atoms with E-state index in [1.807, 2.05) is 37.3 Å². The maximum absolute atomic E-state index is 12.7. The number of nitriles is 1. The summed E-state index contributed by atoms with van der Waals surface area (Å²) in [7, 11) is 0. The van der Waals surface area contributed by atoms with E-state index in [9.17, 15) is 10.1 Å². The molecule has 0 spiro atoms. The maximum atomic E-state index is 12.7. The summed E-state index contributed by atoms with van der Waals surface area (Å²) >= 11 is 4.98. The van der Waals surface area contributed by atoms with E-state index < -0.39 is 5.92 Å². The molecule has 0 saturated carbocycles. The van der Waals surface area contributed by atoms with E-state index in [4.69, 9.17) is 15.2 Å². The summed E-state index contributed by atoms with van der Waals surface area (Å²) in [6, 6.07) is 11.8. The smallest absolute Gasteiger partial charge is 0.205 e. The summed E-state index contributed by atoms with van der Waals surface area (Å²) in [5.74, 6) is 1.07. The van der Waals surface area contributed by atoms with Crippen molar-refractivity contribution >= 4 is 33.0 Å². The highest BCUT2D eigenvalue weighted by molar-refractivity contribution is 9.10. The van der Waals surface area contributed by atoms with Crippen molar-refractivity contribution in [2.75, 3.05) is 0 Å². The van der Waals surface area contributed by atoms with Crippen LogP contribution < -0.4 is 10.5 Å². The molecular formula is C22H19BrN2O3S. The molecule has 0 fully saturated rings. The van der Waals surface area contributed by atoms with Gasteiger partial charge in [-0.2, -0.15) is 5.26 Å². The lowest BCUT2D eigenvalue weighted by molar-refractivity contribution is -0.116. The highest BCUT2D eigenvalue weighted by atomic mass is 79.9. The number of carbonyl (C=O) groups excluding carboxylic acids is 1. The van der Waals surface area contributed by atoms with E-state index in [-0.39, 0.29) is 11.7 Å². The first-order valence-corrected chi connectivity index (χ1v) is 10.9. The molecule has 1 aliphatic carbocycles. The van der Waals surface area contributed by atoms with Gasteiger partial charge >= 0.3 is 0 Å². The Balaban J connectivity index is 1.66. The lowest BCUT2D eigenvalue weighted by Gasteiger charge is -2.30. The molecule has 7 heteroatoms. The number of halogens is 1. The maximum Gasteiger partial charge on any atom is 0.205 e. The van der Waals surface area contributed by atoms with Gasteiger partial charge in [-0.1, -0.05) is 15.9 Å². The number of nitrogens with zero attached hydrogens (tertiary/aromatic N) is 1. The Hall–Kier alpha value is -2.56. The van der Waals surface area contributed by atoms with Gasteiger partial charge < -0.3 is 15.2 Å². The van der Waals surface area contributed by atoms with Crippen LogP contribution in [0.2, 0.25) is 0 Å². The fourth-order valence-corrected chi connectivity index (χ4v) is 5.08. The van der Waals surface area contributed by atoms with Gasteiger partial charge in [0.15, 0.2) is 5.78 Å². The van der Waals surface area contributed by atoms with Crippen LogP contribution in [-0.2, 0) is 16.1 Å². The third kappa shape index (κ3) is 3.83. The van der Waals surface area contributed by atoms with Crippen LogP contribution in [0.25, 0.3) is 0 Å². The van der Waals surface area contributed by atoms with E-state index in [0.717, 1.165) is 32.0 Å². The molecule has 0 saturated heterocycles. The summed E-state index contributed by atoms with van der Waals surface area (Å²) in [6.07, 6.45) is 1.89. The zero-order chi connectivity index (χ0) is 20.5. The van der Waals surface area contributed by atoms with Gasteiger partial charge in [0.1, 0.15) is 29.8 Å². The predicted octanol–water partition coefficient (Wildman–Crippen LogP) is 5.21. The highest BCUT2D eigenvalue weighted by Gasteiger charge is 2.38. The number of nitrogens with two attached hydrogens (primary N) is 1. The molecule has 2 heterocycles. The molecule has 2 aliphatic rings. The molecule has 5 nitrogen and oxygen atoms in total. The number of carbonyl (C=O) groups is 1. The van der Waals surface area contributed by atoms with Gasteiger partial charge in [0.25, 0.3) is 0 Å². The molecule has 1 aromatic heterocycles. The molecular weight excluding hydrogens is 452 g/mol. The second-order valence-corrected chi connectivity index (χ2v) is 9.21. The van der Waals surface area contributed by atoms with E-state index in [0.29, 0.717) is 36.4 Å². The number of hydrogen-bond donors (Lipinski definition) is 1. The average molecular weight is 471 g/mol. The van der Waals surface area contributed by atoms with E-state index in [1.54, 1.807) is 11.3 Å². The van der Waals surface area contributed by atoms with Crippen molar-refractivity contribution in [2.45, 2.75) is 38.7 Å². The molecule has 0 bridgehead atoms. The monoisotopic (exact) mass is 470 g/mol. The van der Waals surface area contributed by atoms with Gasteiger partial charge in [-0.05, 0) is 43.7 Å². The minimum Gasteiger partial charge on any atom is -0.489 e. The van der Waals surface area contributed by atoms with Crippen LogP contribution in [0, 0.1) is 18.3 Å². The summed E-state index contributed by atoms with van der Waals surface area (Å²) in [5, 5.41) is 9.69. The first-order chi connectivity index (χ1) is 14.0. The molecule has 1 aromatic carbocycles. The van der Waals surface area contributed by atoms with Crippen molar-refractivity contribution < 1.29 is 14.3 Å². The molecule has 2 aromatic rings. The largest absolute Gasteiger partial charge is 0.489 e. The van der Waals surface area contributed by atoms with Gasteiger partial charge in [-0.25, -0.2) is 0 Å². The molecule has 1 atom stereocenters. The van der Waals surface area contributed by atoms with Crippen LogP contribution in [0.5, 0.6) is 5.75 Å². The highest BCUT2D eigenvalue weighted by Crippen LogP contribution is 2.45. The topological polar surface area (TPSA) is 85.3 Å². The third-order valence-electron chi connectivity index (χ3n) is 5.14. The number of hydrogen-bond acceptors (Lipinski definition) is 6. The quantitative estimate of drug-likeness (QED) is 0.662. The van der Waals surface area contributed by atoms with Crippen molar-refractivity contribution in [1.29, 1.82) is 5.26 Å². The Morgan fingerprint density at radius 2 is 2.10 bits per heavy atom. The second-order valence-electron chi connectivity index (χ2n) is 7.01. The lowest BCUT2D eigenvalue weighted by Crippen LogP contribution is -2.27. The molecule has 1 unspecified atom stereocenters. The van der Waals surface area contributed by atoms with Gasteiger partial charge in [0.2, 0.25) is 5.88 Å². The van der Waals surface area contributed by atoms with E-state index in [2.05, 4.69) is 22.0 Å². The Kier molecular flexibility index (Phi) is 5.48. The SMILES string of the molecule is Cc1sc(C2C(C#N)=C(N)OC3=C2C(=O)CCC3)cc1COc1ccc(Br)cc1. The van der Waals surface area contributed by atoms with Gasteiger partial charge in [-0.15, -0.1) is 11.3 Å². The Morgan fingerprint density at radius 1 is 1.34 bits per heavy atom. The molecule has 0 radical (unpaired) electrons. The van der Waals surface area contributed by atoms with Crippen LogP contribution >= 0.6 is 27.3 Å². The molecule has 1 aliphatic heterocycles. The normalized spacial score (nSPS) is 18.9. The molecule has 2 N–H and O–H groups in total. The number of thiophene rings is 1. The minimum atomic E-state index is -0.457. The van der Waals surface area contributed by atoms with E-state index in [1.165, 1.54) is 0 Å². The first kappa shape index (κ1) is 19.7. The number of rotatable bonds is 4. The molecule has 0 amide bonds. The van der Waals surface area contributed by atoms with Crippen molar-refractivity contribution in [3.8, 4) is 11.8 Å². The standard InChI is InChI=1S/C22H19BrN2O3S/c1-12-13(11-27-15-7-5-14(23)6-8-15)9-19(29-12)20-16(10-24)22(25)28-18-4-2-3-17(26)21(18)20/h5-9,20H,2-4,11,25H2,1H3. The Morgan fingerprint density at radius 3 is 2.83 bits per heavy atom. The van der Waals surface area contributed by atoms with Crippen LogP contribution in [0.3, 0.4) is 0 Å². The number of Topliss-reactive ketones (excluding diaryl/α,β-unsaturated/α-hetero) is 1. The van der Waals surface area contributed by atoms with Crippen LogP contribution in [0.4, 0.5) is 0 Å². The van der Waals surface area contributed by atoms with Crippen LogP contribution in [-0.4, -0.2) is 5.78 Å². The fourth-order valence-electron chi connectivity index (χ4n) is 3.66. The second kappa shape index (κ2) is 8.05.